The van der Waals surface area contributed by atoms with Crippen molar-refractivity contribution in [2.75, 3.05) is 6.54 Å². The number of pyridine rings is 1. The van der Waals surface area contributed by atoms with E-state index in [2.05, 4.69) is 4.98 Å². The maximum atomic E-state index is 13.8. The van der Waals surface area contributed by atoms with Crippen LogP contribution in [0.15, 0.2) is 24.4 Å². The van der Waals surface area contributed by atoms with Gasteiger partial charge in [-0.1, -0.05) is 6.92 Å². The number of halogens is 2. The molecular formula is C13H14F2N2. The van der Waals surface area contributed by atoms with Crippen LogP contribution in [0.3, 0.4) is 0 Å². The summed E-state index contributed by atoms with van der Waals surface area (Å²) >= 11 is 0. The molecule has 2 rings (SSSR count). The van der Waals surface area contributed by atoms with Gasteiger partial charge in [-0.05, 0) is 36.4 Å². The molecule has 2 aromatic rings. The van der Waals surface area contributed by atoms with Crippen molar-refractivity contribution in [2.45, 2.75) is 13.3 Å². The molecule has 2 nitrogen and oxygen atoms in total. The van der Waals surface area contributed by atoms with Gasteiger partial charge in [-0.2, -0.15) is 0 Å². The molecule has 0 saturated heterocycles. The van der Waals surface area contributed by atoms with Crippen molar-refractivity contribution in [3.63, 3.8) is 0 Å². The van der Waals surface area contributed by atoms with Crippen LogP contribution in [0.1, 0.15) is 12.6 Å². The summed E-state index contributed by atoms with van der Waals surface area (Å²) in [7, 11) is 0. The van der Waals surface area contributed by atoms with Crippen molar-refractivity contribution in [3.05, 3.63) is 41.7 Å². The fourth-order valence-electron chi connectivity index (χ4n) is 1.87. The summed E-state index contributed by atoms with van der Waals surface area (Å²) in [5.41, 5.74) is 6.18. The topological polar surface area (TPSA) is 38.9 Å². The Balaban J connectivity index is 2.56. The van der Waals surface area contributed by atoms with Gasteiger partial charge >= 0.3 is 0 Å². The fraction of sp³-hybridized carbons (Fsp3) is 0.308. The Kier molecular flexibility index (Phi) is 3.33. The molecule has 4 heteroatoms. The minimum Gasteiger partial charge on any atom is -0.330 e. The molecule has 0 fully saturated rings. The maximum absolute atomic E-state index is 13.8. The molecule has 1 atom stereocenters. The van der Waals surface area contributed by atoms with E-state index < -0.39 is 11.6 Å². The van der Waals surface area contributed by atoms with Gasteiger partial charge in [-0.25, -0.2) is 8.78 Å². The number of fused-ring (bicyclic) bond motifs is 1. The lowest BCUT2D eigenvalue weighted by molar-refractivity contribution is 0.577. The molecule has 0 spiro atoms. The molecule has 0 aliphatic heterocycles. The fourth-order valence-corrected chi connectivity index (χ4v) is 1.87. The van der Waals surface area contributed by atoms with Crippen molar-refractivity contribution >= 4 is 10.8 Å². The Hall–Kier alpha value is -1.55. The van der Waals surface area contributed by atoms with Crippen LogP contribution in [0.4, 0.5) is 8.78 Å². The molecule has 0 saturated carbocycles. The van der Waals surface area contributed by atoms with Crippen LogP contribution in [-0.4, -0.2) is 11.5 Å². The van der Waals surface area contributed by atoms with Gasteiger partial charge in [0.25, 0.3) is 0 Å². The Morgan fingerprint density at radius 1 is 1.35 bits per heavy atom. The molecule has 1 heterocycles. The van der Waals surface area contributed by atoms with Gasteiger partial charge < -0.3 is 5.73 Å². The van der Waals surface area contributed by atoms with E-state index in [1.54, 1.807) is 12.3 Å². The highest BCUT2D eigenvalue weighted by atomic mass is 19.1. The molecule has 0 aliphatic rings. The second kappa shape index (κ2) is 4.75. The number of nitrogens with zero attached hydrogens (tertiary/aromatic N) is 1. The van der Waals surface area contributed by atoms with Crippen molar-refractivity contribution < 1.29 is 8.78 Å². The predicted octanol–water partition coefficient (Wildman–Crippen LogP) is 2.65. The summed E-state index contributed by atoms with van der Waals surface area (Å²) in [4.78, 5) is 4.17. The second-order valence-electron chi connectivity index (χ2n) is 4.29. The van der Waals surface area contributed by atoms with Crippen LogP contribution in [0.25, 0.3) is 10.8 Å². The maximum Gasteiger partial charge on any atom is 0.135 e. The molecule has 0 amide bonds. The predicted molar refractivity (Wildman–Crippen MR) is 63.6 cm³/mol. The SMILES string of the molecule is CC(CN)Cc1nccc2cc(F)cc(F)c12. The molecule has 0 radical (unpaired) electrons. The van der Waals surface area contributed by atoms with Crippen molar-refractivity contribution in [1.82, 2.24) is 4.98 Å². The van der Waals surface area contributed by atoms with Crippen LogP contribution in [0.5, 0.6) is 0 Å². The summed E-state index contributed by atoms with van der Waals surface area (Å²) in [6, 6.07) is 3.81. The van der Waals surface area contributed by atoms with Crippen molar-refractivity contribution in [1.29, 1.82) is 0 Å². The lowest BCUT2D eigenvalue weighted by Gasteiger charge is -2.10. The molecule has 1 aromatic carbocycles. The van der Waals surface area contributed by atoms with Crippen molar-refractivity contribution in [3.8, 4) is 0 Å². The van der Waals surface area contributed by atoms with Gasteiger partial charge in [0.05, 0.1) is 5.69 Å². The summed E-state index contributed by atoms with van der Waals surface area (Å²) < 4.78 is 26.8. The average Bonchev–Trinajstić information content (AvgIpc) is 2.28. The zero-order valence-corrected chi connectivity index (χ0v) is 9.58. The lowest BCUT2D eigenvalue weighted by Crippen LogP contribution is -2.14. The van der Waals surface area contributed by atoms with E-state index in [-0.39, 0.29) is 5.92 Å². The molecule has 1 aromatic heterocycles. The smallest absolute Gasteiger partial charge is 0.135 e. The second-order valence-corrected chi connectivity index (χ2v) is 4.29. The molecule has 1 unspecified atom stereocenters. The summed E-state index contributed by atoms with van der Waals surface area (Å²) in [5, 5.41) is 0.936. The number of rotatable bonds is 3. The molecule has 0 aliphatic carbocycles. The number of benzene rings is 1. The lowest BCUT2D eigenvalue weighted by atomic mass is 10.0. The van der Waals surface area contributed by atoms with Crippen LogP contribution in [-0.2, 0) is 6.42 Å². The van der Waals surface area contributed by atoms with Gasteiger partial charge in [0.1, 0.15) is 11.6 Å². The van der Waals surface area contributed by atoms with Crippen LogP contribution in [0.2, 0.25) is 0 Å². The first-order valence-corrected chi connectivity index (χ1v) is 5.54. The van der Waals surface area contributed by atoms with Crippen molar-refractivity contribution in [2.24, 2.45) is 11.7 Å². The molecule has 2 N–H and O–H groups in total. The van der Waals surface area contributed by atoms with Crippen LogP contribution < -0.4 is 5.73 Å². The number of aromatic nitrogens is 1. The normalized spacial score (nSPS) is 12.9. The Morgan fingerprint density at radius 3 is 2.82 bits per heavy atom. The van der Waals surface area contributed by atoms with Gasteiger partial charge in [-0.15, -0.1) is 0 Å². The third-order valence-electron chi connectivity index (χ3n) is 2.80. The van der Waals surface area contributed by atoms with E-state index in [0.29, 0.717) is 29.4 Å². The number of nitrogens with two attached hydrogens (primary N) is 1. The monoisotopic (exact) mass is 236 g/mol. The highest BCUT2D eigenvalue weighted by Gasteiger charge is 2.12. The minimum atomic E-state index is -0.570. The third-order valence-corrected chi connectivity index (χ3v) is 2.80. The largest absolute Gasteiger partial charge is 0.330 e. The van der Waals surface area contributed by atoms with E-state index in [1.807, 2.05) is 6.92 Å². The zero-order chi connectivity index (χ0) is 12.4. The van der Waals surface area contributed by atoms with Gasteiger partial charge in [0, 0.05) is 17.6 Å². The van der Waals surface area contributed by atoms with E-state index in [0.717, 1.165) is 6.07 Å². The quantitative estimate of drug-likeness (QED) is 0.889. The average molecular weight is 236 g/mol. The highest BCUT2D eigenvalue weighted by Crippen LogP contribution is 2.23. The molecule has 90 valence electrons. The number of hydrogen-bond acceptors (Lipinski definition) is 2. The van der Waals surface area contributed by atoms with E-state index in [4.69, 9.17) is 5.73 Å². The summed E-state index contributed by atoms with van der Waals surface area (Å²) in [6.45, 7) is 2.49. The van der Waals surface area contributed by atoms with Gasteiger partial charge in [0.2, 0.25) is 0 Å². The Bertz CT molecular complexity index is 540. The first kappa shape index (κ1) is 11.9. The van der Waals surface area contributed by atoms with E-state index in [1.165, 1.54) is 6.07 Å². The summed E-state index contributed by atoms with van der Waals surface area (Å²) in [5.74, 6) is -0.913. The van der Waals surface area contributed by atoms with Gasteiger partial charge in [-0.3, -0.25) is 4.98 Å². The number of hydrogen-bond donors (Lipinski definition) is 1. The zero-order valence-electron chi connectivity index (χ0n) is 9.58. The Morgan fingerprint density at radius 2 is 2.12 bits per heavy atom. The van der Waals surface area contributed by atoms with Crippen LogP contribution >= 0.6 is 0 Å². The third kappa shape index (κ3) is 2.42. The minimum absolute atomic E-state index is 0.220. The molecule has 17 heavy (non-hydrogen) atoms. The summed E-state index contributed by atoms with van der Waals surface area (Å²) in [6.07, 6.45) is 2.16. The van der Waals surface area contributed by atoms with E-state index in [9.17, 15) is 8.78 Å². The Labute approximate surface area is 98.5 Å². The molecular weight excluding hydrogens is 222 g/mol. The van der Waals surface area contributed by atoms with Gasteiger partial charge in [0.15, 0.2) is 0 Å². The molecule has 0 bridgehead atoms. The first-order chi connectivity index (χ1) is 8.11. The highest BCUT2D eigenvalue weighted by molar-refractivity contribution is 5.85. The van der Waals surface area contributed by atoms with E-state index >= 15 is 0 Å². The van der Waals surface area contributed by atoms with Crippen LogP contribution in [0, 0.1) is 17.6 Å². The standard InChI is InChI=1S/C13H14F2N2/c1-8(7-16)4-12-13-9(2-3-17-12)5-10(14)6-11(13)15/h2-3,5-6,8H,4,7,16H2,1H3. The first-order valence-electron chi connectivity index (χ1n) is 5.54.